The number of nitriles is 2. The van der Waals surface area contributed by atoms with Crippen molar-refractivity contribution in [2.45, 2.75) is 19.8 Å². The Bertz CT molecular complexity index is 1170. The van der Waals surface area contributed by atoms with Gasteiger partial charge in [-0.05, 0) is 41.1 Å². The van der Waals surface area contributed by atoms with Crippen LogP contribution in [0.25, 0.3) is 17.3 Å². The first-order valence-electron chi connectivity index (χ1n) is 7.97. The molecule has 2 heterocycles. The van der Waals surface area contributed by atoms with E-state index in [1.807, 2.05) is 53.9 Å². The van der Waals surface area contributed by atoms with Gasteiger partial charge in [-0.25, -0.2) is 0 Å². The highest BCUT2D eigenvalue weighted by atomic mass is 32.1. The van der Waals surface area contributed by atoms with Crippen LogP contribution >= 0.6 is 22.7 Å². The summed E-state index contributed by atoms with van der Waals surface area (Å²) in [7, 11) is 0. The Balaban J connectivity index is 2.33. The van der Waals surface area contributed by atoms with Gasteiger partial charge in [-0.2, -0.15) is 10.5 Å². The number of hydrogen-bond acceptors (Lipinski definition) is 5. The topological polar surface area (TPSA) is 69.6 Å². The molecule has 0 atom stereocenters. The zero-order valence-electron chi connectivity index (χ0n) is 14.3. The lowest BCUT2D eigenvalue weighted by Gasteiger charge is -2.07. The summed E-state index contributed by atoms with van der Waals surface area (Å²) in [6.45, 7) is 4.20. The second-order valence-corrected chi connectivity index (χ2v) is 7.93. The zero-order chi connectivity index (χ0) is 18.7. The highest BCUT2D eigenvalue weighted by molar-refractivity contribution is 7.11. The Morgan fingerprint density at radius 1 is 1.15 bits per heavy atom. The lowest BCUT2D eigenvalue weighted by atomic mass is 10.0. The molecule has 0 spiro atoms. The van der Waals surface area contributed by atoms with Gasteiger partial charge in [-0.3, -0.25) is 9.36 Å². The first kappa shape index (κ1) is 17.9. The molecule has 0 saturated heterocycles. The van der Waals surface area contributed by atoms with E-state index < -0.39 is 0 Å². The molecule has 26 heavy (non-hydrogen) atoms. The van der Waals surface area contributed by atoms with Gasteiger partial charge in [0.2, 0.25) is 0 Å². The molecule has 3 aromatic rings. The van der Waals surface area contributed by atoms with E-state index in [4.69, 9.17) is 0 Å². The molecular weight excluding hydrogens is 362 g/mol. The average Bonchev–Trinajstić information content (AvgIpc) is 3.25. The van der Waals surface area contributed by atoms with Gasteiger partial charge in [0.25, 0.3) is 5.56 Å². The molecule has 0 aliphatic rings. The predicted molar refractivity (Wildman–Crippen MR) is 106 cm³/mol. The molecule has 6 heteroatoms. The Morgan fingerprint density at radius 2 is 1.85 bits per heavy atom. The Kier molecular flexibility index (Phi) is 5.18. The third kappa shape index (κ3) is 3.39. The van der Waals surface area contributed by atoms with Crippen LogP contribution in [-0.2, 0) is 0 Å². The summed E-state index contributed by atoms with van der Waals surface area (Å²) in [6.07, 6.45) is 1.80. The molecule has 4 nitrogen and oxygen atoms in total. The van der Waals surface area contributed by atoms with Crippen molar-refractivity contribution in [2.75, 3.05) is 0 Å². The number of rotatable bonds is 3. The lowest BCUT2D eigenvalue weighted by molar-refractivity contribution is 0.864. The quantitative estimate of drug-likeness (QED) is 0.704. The zero-order valence-corrected chi connectivity index (χ0v) is 15.9. The molecule has 0 aliphatic heterocycles. The van der Waals surface area contributed by atoms with E-state index in [2.05, 4.69) is 13.8 Å². The van der Waals surface area contributed by atoms with Crippen LogP contribution in [0.5, 0.6) is 0 Å². The van der Waals surface area contributed by atoms with Crippen LogP contribution < -0.4 is 14.8 Å². The summed E-state index contributed by atoms with van der Waals surface area (Å²) in [4.78, 5) is 13.9. The molecule has 3 rings (SSSR count). The Hall–Kier alpha value is -2.93. The highest BCUT2D eigenvalue weighted by Crippen LogP contribution is 2.16. The maximum atomic E-state index is 13.0. The monoisotopic (exact) mass is 377 g/mol. The number of benzene rings is 1. The fraction of sp³-hybridized carbons (Fsp3) is 0.150. The summed E-state index contributed by atoms with van der Waals surface area (Å²) in [5, 5.41) is 20.5. The first-order valence-corrected chi connectivity index (χ1v) is 9.66. The van der Waals surface area contributed by atoms with Crippen molar-refractivity contribution in [3.05, 3.63) is 71.8 Å². The van der Waals surface area contributed by atoms with E-state index >= 15 is 0 Å². The third-order valence-electron chi connectivity index (χ3n) is 3.90. The summed E-state index contributed by atoms with van der Waals surface area (Å²) in [5.41, 5.74) is 1.53. The van der Waals surface area contributed by atoms with Crippen LogP contribution in [0, 0.1) is 22.7 Å². The molecule has 128 valence electrons. The van der Waals surface area contributed by atoms with E-state index in [0.717, 1.165) is 10.4 Å². The van der Waals surface area contributed by atoms with E-state index in [1.54, 1.807) is 6.08 Å². The molecule has 0 N–H and O–H groups in total. The van der Waals surface area contributed by atoms with Crippen LogP contribution in [0.3, 0.4) is 0 Å². The molecule has 1 aromatic carbocycles. The maximum absolute atomic E-state index is 13.0. The number of thiophene rings is 1. The van der Waals surface area contributed by atoms with Crippen LogP contribution in [0.1, 0.15) is 30.2 Å². The highest BCUT2D eigenvalue weighted by Gasteiger charge is 2.11. The minimum atomic E-state index is -0.223. The van der Waals surface area contributed by atoms with Gasteiger partial charge in [0.05, 0.1) is 10.2 Å². The van der Waals surface area contributed by atoms with Gasteiger partial charge >= 0.3 is 0 Å². The molecule has 0 bridgehead atoms. The van der Waals surface area contributed by atoms with Crippen molar-refractivity contribution in [1.82, 2.24) is 4.57 Å². The van der Waals surface area contributed by atoms with Crippen LogP contribution in [-0.4, -0.2) is 4.57 Å². The Labute approximate surface area is 158 Å². The minimum absolute atomic E-state index is 0.0640. The fourth-order valence-electron chi connectivity index (χ4n) is 2.52. The molecular formula is C20H15N3OS2. The molecule has 0 fully saturated rings. The predicted octanol–water partition coefficient (Wildman–Crippen LogP) is 3.11. The largest absolute Gasteiger partial charge is 0.273 e. The van der Waals surface area contributed by atoms with Crippen molar-refractivity contribution < 1.29 is 0 Å². The lowest BCUT2D eigenvalue weighted by Crippen LogP contribution is -2.30. The van der Waals surface area contributed by atoms with Gasteiger partial charge < -0.3 is 0 Å². The molecule has 0 amide bonds. The second-order valence-electron chi connectivity index (χ2n) is 5.92. The number of hydrogen-bond donors (Lipinski definition) is 0. The maximum Gasteiger partial charge on any atom is 0.273 e. The molecule has 0 aliphatic carbocycles. The molecule has 0 saturated carbocycles. The summed E-state index contributed by atoms with van der Waals surface area (Å²) >= 11 is 2.70. The third-order valence-corrected chi connectivity index (χ3v) is 5.81. The number of thiazole rings is 1. The van der Waals surface area contributed by atoms with Gasteiger partial charge in [-0.15, -0.1) is 22.7 Å². The molecule has 0 unspecified atom stereocenters. The van der Waals surface area contributed by atoms with E-state index in [9.17, 15) is 15.3 Å². The van der Waals surface area contributed by atoms with E-state index in [0.29, 0.717) is 20.8 Å². The van der Waals surface area contributed by atoms with Crippen molar-refractivity contribution in [2.24, 2.45) is 0 Å². The fourth-order valence-corrected chi connectivity index (χ4v) is 4.29. The van der Waals surface area contributed by atoms with Gasteiger partial charge in [0, 0.05) is 4.88 Å². The van der Waals surface area contributed by atoms with Crippen molar-refractivity contribution in [1.29, 1.82) is 10.5 Å². The number of aromatic nitrogens is 1. The van der Waals surface area contributed by atoms with Gasteiger partial charge in [-0.1, -0.05) is 32.0 Å². The molecule has 0 radical (unpaired) electrons. The Morgan fingerprint density at radius 3 is 2.38 bits per heavy atom. The van der Waals surface area contributed by atoms with Gasteiger partial charge in [0.1, 0.15) is 16.8 Å². The minimum Gasteiger partial charge on any atom is -0.267 e. The molecule has 2 aromatic heterocycles. The normalized spacial score (nSPS) is 11.3. The van der Waals surface area contributed by atoms with Crippen LogP contribution in [0.15, 0.2) is 46.6 Å². The first-order chi connectivity index (χ1) is 12.5. The van der Waals surface area contributed by atoms with Crippen molar-refractivity contribution in [3.63, 3.8) is 0 Å². The van der Waals surface area contributed by atoms with E-state index in [-0.39, 0.29) is 11.1 Å². The SMILES string of the molecule is CC(C)c1ccc(-n2c(=C(C#N)C#N)s/c(=C/c3cccs3)c2=O)cc1. The summed E-state index contributed by atoms with van der Waals surface area (Å²) in [6, 6.07) is 15.3. The summed E-state index contributed by atoms with van der Waals surface area (Å²) < 4.78 is 2.31. The number of nitrogens with zero attached hydrogens (tertiary/aromatic N) is 3. The van der Waals surface area contributed by atoms with E-state index in [1.165, 1.54) is 27.2 Å². The second kappa shape index (κ2) is 7.53. The standard InChI is InChI=1S/C20H15N3OS2/c1-13(2)14-5-7-16(8-6-14)23-19(24)18(10-17-4-3-9-25-17)26-20(23)15(11-21)12-22/h3-10,13H,1-2H3/b18-10+. The van der Waals surface area contributed by atoms with Crippen LogP contribution in [0.4, 0.5) is 0 Å². The summed E-state index contributed by atoms with van der Waals surface area (Å²) in [5.74, 6) is 0.380. The van der Waals surface area contributed by atoms with Crippen molar-refractivity contribution in [3.8, 4) is 17.8 Å². The smallest absolute Gasteiger partial charge is 0.267 e. The van der Waals surface area contributed by atoms with Gasteiger partial charge in [0.15, 0.2) is 5.57 Å². The van der Waals surface area contributed by atoms with Crippen LogP contribution in [0.2, 0.25) is 0 Å². The average molecular weight is 377 g/mol. The van der Waals surface area contributed by atoms with Crippen molar-refractivity contribution >= 4 is 34.3 Å².